The maximum atomic E-state index is 14.1. The maximum absolute atomic E-state index is 14.1. The summed E-state index contributed by atoms with van der Waals surface area (Å²) < 4.78 is 8.11. The number of benzene rings is 4. The van der Waals surface area contributed by atoms with Crippen LogP contribution in [0.3, 0.4) is 0 Å². The van der Waals surface area contributed by atoms with E-state index in [9.17, 15) is 9.59 Å². The van der Waals surface area contributed by atoms with E-state index in [0.29, 0.717) is 19.5 Å². The lowest BCUT2D eigenvalue weighted by atomic mass is 9.99. The summed E-state index contributed by atoms with van der Waals surface area (Å²) in [5, 5.41) is 8.52. The molecular weight excluding hydrogens is 562 g/mol. The van der Waals surface area contributed by atoms with E-state index in [2.05, 4.69) is 69.8 Å². The molecule has 2 saturated heterocycles. The first-order chi connectivity index (χ1) is 22.1. The minimum absolute atomic E-state index is 0.0670. The predicted molar refractivity (Wildman–Crippen MR) is 177 cm³/mol. The number of fused-ring (bicyclic) bond motifs is 2. The maximum Gasteiger partial charge on any atom is 0.408 e. The van der Waals surface area contributed by atoms with Crippen LogP contribution in [0, 0.1) is 0 Å². The second-order valence-corrected chi connectivity index (χ2v) is 12.2. The fourth-order valence-corrected chi connectivity index (χ4v) is 6.81. The largest absolute Gasteiger partial charge is 0.446 e. The number of hydrogen-bond acceptors (Lipinski definition) is 5. The van der Waals surface area contributed by atoms with Crippen LogP contribution in [-0.4, -0.2) is 64.8 Å². The van der Waals surface area contributed by atoms with Gasteiger partial charge >= 0.3 is 6.09 Å². The van der Waals surface area contributed by atoms with Crippen LogP contribution in [0.15, 0.2) is 97.1 Å². The Bertz CT molecular complexity index is 1790. The molecular formula is C37H39N5O3. The number of piperidine rings is 2. The summed E-state index contributed by atoms with van der Waals surface area (Å²) in [6.07, 6.45) is 2.89. The number of hydrogen-bond donors (Lipinski definition) is 2. The van der Waals surface area contributed by atoms with Gasteiger partial charge in [0.2, 0.25) is 5.91 Å². The fraction of sp³-hybridized carbons (Fsp3) is 0.324. The van der Waals surface area contributed by atoms with E-state index in [1.165, 1.54) is 0 Å². The van der Waals surface area contributed by atoms with E-state index in [1.807, 2.05) is 47.4 Å². The average molecular weight is 602 g/mol. The van der Waals surface area contributed by atoms with Gasteiger partial charge in [-0.15, -0.1) is 0 Å². The van der Waals surface area contributed by atoms with Crippen molar-refractivity contribution in [2.24, 2.45) is 0 Å². The van der Waals surface area contributed by atoms with Crippen molar-refractivity contribution in [1.82, 2.24) is 25.1 Å². The van der Waals surface area contributed by atoms with Gasteiger partial charge in [-0.2, -0.15) is 0 Å². The summed E-state index contributed by atoms with van der Waals surface area (Å²) in [7, 11) is 0. The lowest BCUT2D eigenvalue weighted by Gasteiger charge is -2.36. The number of carbonyl (C=O) groups is 2. The fourth-order valence-electron chi connectivity index (χ4n) is 6.81. The Hall–Kier alpha value is -4.69. The molecule has 0 bridgehead atoms. The molecule has 0 saturated carbocycles. The molecule has 0 spiro atoms. The number of carbonyl (C=O) groups excluding carboxylic acids is 2. The molecule has 4 aromatic carbocycles. The highest BCUT2D eigenvalue weighted by Gasteiger charge is 2.32. The first-order valence-electron chi connectivity index (χ1n) is 16.1. The number of aromatic nitrogens is 2. The summed E-state index contributed by atoms with van der Waals surface area (Å²) in [4.78, 5) is 34.1. The van der Waals surface area contributed by atoms with E-state index in [-0.39, 0.29) is 18.1 Å². The topological polar surface area (TPSA) is 88.5 Å². The highest BCUT2D eigenvalue weighted by Crippen LogP contribution is 2.33. The number of rotatable bonds is 7. The van der Waals surface area contributed by atoms with Crippen molar-refractivity contribution in [2.75, 3.05) is 26.2 Å². The minimum Gasteiger partial charge on any atom is -0.446 e. The van der Waals surface area contributed by atoms with Crippen LogP contribution in [-0.2, 0) is 16.0 Å². The molecule has 5 aromatic rings. The lowest BCUT2D eigenvalue weighted by Crippen LogP contribution is -2.52. The number of amides is 2. The molecule has 0 unspecified atom stereocenters. The van der Waals surface area contributed by atoms with Crippen molar-refractivity contribution < 1.29 is 14.3 Å². The molecule has 0 aliphatic carbocycles. The van der Waals surface area contributed by atoms with Gasteiger partial charge in [0.15, 0.2) is 0 Å². The number of para-hydroxylation sites is 2. The first-order valence-corrected chi connectivity index (χ1v) is 16.1. The molecule has 0 radical (unpaired) electrons. The van der Waals surface area contributed by atoms with Crippen molar-refractivity contribution in [3.8, 4) is 11.4 Å². The lowest BCUT2D eigenvalue weighted by molar-refractivity contribution is -0.134. The van der Waals surface area contributed by atoms with Gasteiger partial charge in [0.25, 0.3) is 0 Å². The number of nitrogens with one attached hydrogen (secondary N) is 2. The number of nitrogens with zero attached hydrogens (tertiary/aromatic N) is 3. The first kappa shape index (κ1) is 29.0. The molecule has 3 heterocycles. The Morgan fingerprint density at radius 3 is 2.36 bits per heavy atom. The van der Waals surface area contributed by atoms with Gasteiger partial charge in [0, 0.05) is 31.1 Å². The van der Waals surface area contributed by atoms with Gasteiger partial charge in [-0.05, 0) is 67.2 Å². The van der Waals surface area contributed by atoms with Crippen LogP contribution in [0.2, 0.25) is 0 Å². The number of alkyl carbamates (subject to hydrolysis) is 1. The second kappa shape index (κ2) is 13.1. The molecule has 2 aliphatic heterocycles. The third-order valence-corrected chi connectivity index (χ3v) is 9.17. The molecule has 2 amide bonds. The summed E-state index contributed by atoms with van der Waals surface area (Å²) in [6.45, 7) is 2.85. The van der Waals surface area contributed by atoms with Gasteiger partial charge < -0.3 is 24.8 Å². The third kappa shape index (κ3) is 6.42. The van der Waals surface area contributed by atoms with Crippen molar-refractivity contribution in [2.45, 2.75) is 50.3 Å². The Labute approximate surface area is 263 Å². The van der Waals surface area contributed by atoms with Gasteiger partial charge in [0.1, 0.15) is 18.0 Å². The standard InChI is InChI=1S/C37H39N5O3/c43-36(33(40-37(44)45-31-16-20-38-21-17-31)25-26-14-15-27-8-4-5-11-29(27)24-26)41-22-18-30(19-23-41)42-34-13-7-6-12-32(34)39-35(42)28-9-2-1-3-10-28/h1-15,24,30-31,33,38H,16-23,25H2,(H,40,44)/t33-/m1/s1. The van der Waals surface area contributed by atoms with Crippen LogP contribution in [0.1, 0.15) is 37.3 Å². The van der Waals surface area contributed by atoms with Crippen molar-refractivity contribution in [3.05, 3.63) is 103 Å². The van der Waals surface area contributed by atoms with E-state index >= 15 is 0 Å². The molecule has 8 nitrogen and oxygen atoms in total. The summed E-state index contributed by atoms with van der Waals surface area (Å²) in [5.74, 6) is 0.890. The van der Waals surface area contributed by atoms with E-state index < -0.39 is 12.1 Å². The molecule has 8 heteroatoms. The van der Waals surface area contributed by atoms with Crippen molar-refractivity contribution >= 4 is 33.8 Å². The minimum atomic E-state index is -0.717. The number of imidazole rings is 1. The SMILES string of the molecule is O=C(N[C@H](Cc1ccc2ccccc2c1)C(=O)N1CCC(n2c(-c3ccccc3)nc3ccccc32)CC1)OC1CCNCC1. The van der Waals surface area contributed by atoms with Crippen LogP contribution in [0.25, 0.3) is 33.2 Å². The Morgan fingerprint density at radius 1 is 0.844 bits per heavy atom. The smallest absolute Gasteiger partial charge is 0.408 e. The van der Waals surface area contributed by atoms with Gasteiger partial charge in [-0.1, -0.05) is 84.9 Å². The molecule has 1 atom stereocenters. The van der Waals surface area contributed by atoms with E-state index in [4.69, 9.17) is 9.72 Å². The Morgan fingerprint density at radius 2 is 1.56 bits per heavy atom. The predicted octanol–water partition coefficient (Wildman–Crippen LogP) is 6.11. The normalized spacial score (nSPS) is 16.9. The highest BCUT2D eigenvalue weighted by atomic mass is 16.6. The zero-order chi connectivity index (χ0) is 30.6. The number of ether oxygens (including phenoxy) is 1. The van der Waals surface area contributed by atoms with Crippen LogP contribution in [0.5, 0.6) is 0 Å². The van der Waals surface area contributed by atoms with E-state index in [1.54, 1.807) is 0 Å². The van der Waals surface area contributed by atoms with Crippen LogP contribution < -0.4 is 10.6 Å². The summed E-state index contributed by atoms with van der Waals surface area (Å²) in [5.41, 5.74) is 4.17. The van der Waals surface area contributed by atoms with Gasteiger partial charge in [0.05, 0.1) is 11.0 Å². The zero-order valence-corrected chi connectivity index (χ0v) is 25.4. The molecule has 230 valence electrons. The highest BCUT2D eigenvalue weighted by molar-refractivity contribution is 5.87. The van der Waals surface area contributed by atoms with Gasteiger partial charge in [-0.3, -0.25) is 4.79 Å². The second-order valence-electron chi connectivity index (χ2n) is 12.2. The van der Waals surface area contributed by atoms with Gasteiger partial charge in [-0.25, -0.2) is 9.78 Å². The van der Waals surface area contributed by atoms with E-state index in [0.717, 1.165) is 77.5 Å². The van der Waals surface area contributed by atoms with Crippen molar-refractivity contribution in [3.63, 3.8) is 0 Å². The molecule has 1 aromatic heterocycles. The Balaban J connectivity index is 1.10. The zero-order valence-electron chi connectivity index (χ0n) is 25.4. The van der Waals surface area contributed by atoms with Crippen LogP contribution in [0.4, 0.5) is 4.79 Å². The monoisotopic (exact) mass is 601 g/mol. The molecule has 7 rings (SSSR count). The molecule has 45 heavy (non-hydrogen) atoms. The molecule has 2 aliphatic rings. The Kier molecular flexibility index (Phi) is 8.47. The average Bonchev–Trinajstić information content (AvgIpc) is 3.48. The van der Waals surface area contributed by atoms with Crippen LogP contribution >= 0.6 is 0 Å². The number of likely N-dealkylation sites (tertiary alicyclic amines) is 1. The van der Waals surface area contributed by atoms with Crippen molar-refractivity contribution in [1.29, 1.82) is 0 Å². The summed E-state index contributed by atoms with van der Waals surface area (Å²) >= 11 is 0. The summed E-state index contributed by atoms with van der Waals surface area (Å²) in [6, 6.07) is 32.5. The molecule has 2 N–H and O–H groups in total. The quantitative estimate of drug-likeness (QED) is 0.235. The molecule has 2 fully saturated rings. The third-order valence-electron chi connectivity index (χ3n) is 9.17.